The molecule has 178 valence electrons. The maximum atomic E-state index is 13.3. The molecule has 3 aromatic carbocycles. The van der Waals surface area contributed by atoms with Crippen LogP contribution < -0.4 is 19.7 Å². The van der Waals surface area contributed by atoms with E-state index in [0.29, 0.717) is 17.2 Å². The SMILES string of the molecule is COc1ccc(-c2ccc(C=C3C(=O)NC(=S)N(c4ccc(Oc5ccccc5)cc4)C3=O)s2)cc1. The van der Waals surface area contributed by atoms with Crippen LogP contribution in [0.3, 0.4) is 0 Å². The summed E-state index contributed by atoms with van der Waals surface area (Å²) in [5.41, 5.74) is 1.56. The summed E-state index contributed by atoms with van der Waals surface area (Å²) in [6.07, 6.45) is 1.59. The number of hydrogen-bond acceptors (Lipinski definition) is 6. The molecule has 1 aliphatic heterocycles. The highest BCUT2D eigenvalue weighted by molar-refractivity contribution is 7.80. The molecule has 1 fully saturated rings. The van der Waals surface area contributed by atoms with Crippen LogP contribution in [0, 0.1) is 0 Å². The Balaban J connectivity index is 1.37. The molecular weight excluding hydrogens is 492 g/mol. The van der Waals surface area contributed by atoms with Gasteiger partial charge in [0.2, 0.25) is 0 Å². The first-order chi connectivity index (χ1) is 17.5. The van der Waals surface area contributed by atoms with Crippen LogP contribution in [0.5, 0.6) is 17.2 Å². The van der Waals surface area contributed by atoms with Crippen LogP contribution in [0.1, 0.15) is 4.88 Å². The first kappa shape index (κ1) is 23.5. The number of amides is 2. The van der Waals surface area contributed by atoms with Crippen molar-refractivity contribution >= 4 is 52.2 Å². The Morgan fingerprint density at radius 3 is 2.19 bits per heavy atom. The van der Waals surface area contributed by atoms with Crippen molar-refractivity contribution < 1.29 is 19.1 Å². The van der Waals surface area contributed by atoms with Crippen molar-refractivity contribution in [1.29, 1.82) is 0 Å². The molecule has 8 heteroatoms. The Morgan fingerprint density at radius 2 is 1.50 bits per heavy atom. The van der Waals surface area contributed by atoms with Gasteiger partial charge in [-0.15, -0.1) is 11.3 Å². The molecule has 2 heterocycles. The zero-order valence-corrected chi connectivity index (χ0v) is 20.8. The number of hydrogen-bond donors (Lipinski definition) is 1. The van der Waals surface area contributed by atoms with E-state index in [-0.39, 0.29) is 10.7 Å². The van der Waals surface area contributed by atoms with Crippen molar-refractivity contribution in [3.63, 3.8) is 0 Å². The third-order valence-corrected chi connectivity index (χ3v) is 6.83. The topological polar surface area (TPSA) is 67.9 Å². The average Bonchev–Trinajstić information content (AvgIpc) is 3.37. The second-order valence-corrected chi connectivity index (χ2v) is 9.30. The molecule has 1 aliphatic rings. The number of thiophene rings is 1. The van der Waals surface area contributed by atoms with Gasteiger partial charge < -0.3 is 9.47 Å². The third kappa shape index (κ3) is 4.91. The van der Waals surface area contributed by atoms with E-state index in [9.17, 15) is 9.59 Å². The van der Waals surface area contributed by atoms with Gasteiger partial charge >= 0.3 is 0 Å². The Morgan fingerprint density at radius 1 is 0.833 bits per heavy atom. The lowest BCUT2D eigenvalue weighted by atomic mass is 10.1. The highest BCUT2D eigenvalue weighted by Crippen LogP contribution is 2.32. The zero-order valence-electron chi connectivity index (χ0n) is 19.1. The number of methoxy groups -OCH3 is 1. The molecule has 0 saturated carbocycles. The Kier molecular flexibility index (Phi) is 6.62. The van der Waals surface area contributed by atoms with Gasteiger partial charge in [-0.2, -0.15) is 0 Å². The smallest absolute Gasteiger partial charge is 0.270 e. The number of carbonyl (C=O) groups excluding carboxylic acids is 2. The van der Waals surface area contributed by atoms with Gasteiger partial charge in [-0.05, 0) is 96.7 Å². The van der Waals surface area contributed by atoms with Crippen LogP contribution in [0.25, 0.3) is 16.5 Å². The average molecular weight is 513 g/mol. The number of nitrogens with zero attached hydrogens (tertiary/aromatic N) is 1. The molecular formula is C28H20N2O4S2. The number of carbonyl (C=O) groups is 2. The zero-order chi connectivity index (χ0) is 25.1. The quantitative estimate of drug-likeness (QED) is 0.194. The molecule has 1 aromatic heterocycles. The first-order valence-electron chi connectivity index (χ1n) is 11.0. The van der Waals surface area contributed by atoms with Crippen LogP contribution in [0.4, 0.5) is 5.69 Å². The predicted molar refractivity (Wildman–Crippen MR) is 145 cm³/mol. The minimum atomic E-state index is -0.523. The monoisotopic (exact) mass is 512 g/mol. The van der Waals surface area contributed by atoms with Gasteiger partial charge in [-0.3, -0.25) is 19.8 Å². The van der Waals surface area contributed by atoms with Gasteiger partial charge in [0.15, 0.2) is 5.11 Å². The van der Waals surface area contributed by atoms with Gasteiger partial charge in [-0.25, -0.2) is 0 Å². The summed E-state index contributed by atoms with van der Waals surface area (Å²) in [6.45, 7) is 0. The predicted octanol–water partition coefficient (Wildman–Crippen LogP) is 6.05. The Labute approximate surface area is 217 Å². The number of benzene rings is 3. The highest BCUT2D eigenvalue weighted by atomic mass is 32.1. The largest absolute Gasteiger partial charge is 0.497 e. The second-order valence-electron chi connectivity index (χ2n) is 7.80. The summed E-state index contributed by atoms with van der Waals surface area (Å²) in [4.78, 5) is 29.1. The summed E-state index contributed by atoms with van der Waals surface area (Å²) in [6, 6.07) is 27.9. The van der Waals surface area contributed by atoms with Crippen LogP contribution in [-0.4, -0.2) is 24.0 Å². The molecule has 1 saturated heterocycles. The second kappa shape index (κ2) is 10.2. The van der Waals surface area contributed by atoms with Crippen molar-refractivity contribution in [3.8, 4) is 27.7 Å². The van der Waals surface area contributed by atoms with E-state index in [1.807, 2.05) is 66.7 Å². The lowest BCUT2D eigenvalue weighted by Gasteiger charge is -2.28. The molecule has 6 nitrogen and oxygen atoms in total. The van der Waals surface area contributed by atoms with E-state index < -0.39 is 11.8 Å². The molecule has 36 heavy (non-hydrogen) atoms. The number of para-hydroxylation sites is 1. The molecule has 0 spiro atoms. The fraction of sp³-hybridized carbons (Fsp3) is 0.0357. The normalized spacial score (nSPS) is 14.6. The lowest BCUT2D eigenvalue weighted by molar-refractivity contribution is -0.122. The van der Waals surface area contributed by atoms with E-state index in [0.717, 1.165) is 21.1 Å². The summed E-state index contributed by atoms with van der Waals surface area (Å²) in [5.74, 6) is 1.09. The molecule has 0 unspecified atom stereocenters. The fourth-order valence-electron chi connectivity index (χ4n) is 3.66. The highest BCUT2D eigenvalue weighted by Gasteiger charge is 2.34. The summed E-state index contributed by atoms with van der Waals surface area (Å²) in [5, 5.41) is 2.65. The van der Waals surface area contributed by atoms with Crippen molar-refractivity contribution in [1.82, 2.24) is 5.32 Å². The van der Waals surface area contributed by atoms with Gasteiger partial charge in [0, 0.05) is 9.75 Å². The van der Waals surface area contributed by atoms with Gasteiger partial charge in [0.25, 0.3) is 11.8 Å². The van der Waals surface area contributed by atoms with Crippen LogP contribution in [0.15, 0.2) is 96.6 Å². The number of rotatable bonds is 6. The summed E-state index contributed by atoms with van der Waals surface area (Å²) in [7, 11) is 1.62. The van der Waals surface area contributed by atoms with Crippen molar-refractivity contribution in [3.05, 3.63) is 101 Å². The van der Waals surface area contributed by atoms with Gasteiger partial charge in [0.1, 0.15) is 22.8 Å². The molecule has 4 aromatic rings. The number of thiocarbonyl (C=S) groups is 1. The maximum Gasteiger partial charge on any atom is 0.270 e. The van der Waals surface area contributed by atoms with E-state index in [4.69, 9.17) is 21.7 Å². The number of ether oxygens (including phenoxy) is 2. The number of nitrogens with one attached hydrogen (secondary N) is 1. The van der Waals surface area contributed by atoms with Crippen LogP contribution in [-0.2, 0) is 9.59 Å². The Bertz CT molecular complexity index is 1460. The van der Waals surface area contributed by atoms with Crippen molar-refractivity contribution in [2.24, 2.45) is 0 Å². The fourth-order valence-corrected chi connectivity index (χ4v) is 4.90. The first-order valence-corrected chi connectivity index (χ1v) is 12.2. The van der Waals surface area contributed by atoms with E-state index >= 15 is 0 Å². The van der Waals surface area contributed by atoms with Gasteiger partial charge in [0.05, 0.1) is 12.8 Å². The maximum absolute atomic E-state index is 13.3. The lowest BCUT2D eigenvalue weighted by Crippen LogP contribution is -2.54. The van der Waals surface area contributed by atoms with Crippen molar-refractivity contribution in [2.45, 2.75) is 0 Å². The van der Waals surface area contributed by atoms with Crippen LogP contribution in [0.2, 0.25) is 0 Å². The van der Waals surface area contributed by atoms with Crippen molar-refractivity contribution in [2.75, 3.05) is 12.0 Å². The standard InChI is InChI=1S/C28H20N2O4S2/c1-33-20-11-7-18(8-12-20)25-16-15-23(36-25)17-24-26(31)29-28(35)30(27(24)32)19-9-13-22(14-10-19)34-21-5-3-2-4-6-21/h2-17H,1H3,(H,29,31,35). The minimum absolute atomic E-state index is 0.0105. The molecule has 0 radical (unpaired) electrons. The van der Waals surface area contributed by atoms with Crippen LogP contribution >= 0.6 is 23.6 Å². The molecule has 5 rings (SSSR count). The van der Waals surface area contributed by atoms with E-state index in [1.165, 1.54) is 16.2 Å². The molecule has 0 bridgehead atoms. The van der Waals surface area contributed by atoms with Gasteiger partial charge in [-0.1, -0.05) is 18.2 Å². The minimum Gasteiger partial charge on any atom is -0.497 e. The van der Waals surface area contributed by atoms with E-state index in [1.54, 1.807) is 37.5 Å². The summed E-state index contributed by atoms with van der Waals surface area (Å²) >= 11 is 6.79. The Hall–Kier alpha value is -4.27. The molecule has 0 atom stereocenters. The number of anilines is 1. The third-order valence-electron chi connectivity index (χ3n) is 5.46. The van der Waals surface area contributed by atoms with E-state index in [2.05, 4.69) is 5.32 Å². The molecule has 1 N–H and O–H groups in total. The molecule has 0 aliphatic carbocycles. The molecule has 2 amide bonds. The summed E-state index contributed by atoms with van der Waals surface area (Å²) < 4.78 is 11.0.